The van der Waals surface area contributed by atoms with Crippen molar-refractivity contribution in [3.05, 3.63) is 17.0 Å². The standard InChI is InChI=1S/C19H32N4O2/c1-13-16(14(2)23(21-13)9-10-25-4)12-22(3)19(24)18-11-15-7-5-6-8-17(15)20-18/h15,17-18,20H,5-12H2,1-4H3/t15-,17+,18-/m0/s1. The van der Waals surface area contributed by atoms with E-state index < -0.39 is 0 Å². The van der Waals surface area contributed by atoms with Gasteiger partial charge in [0.15, 0.2) is 0 Å². The van der Waals surface area contributed by atoms with Gasteiger partial charge in [-0.05, 0) is 39.0 Å². The van der Waals surface area contributed by atoms with Crippen molar-refractivity contribution in [1.82, 2.24) is 20.0 Å². The van der Waals surface area contributed by atoms with Gasteiger partial charge in [-0.25, -0.2) is 0 Å². The van der Waals surface area contributed by atoms with Crippen molar-refractivity contribution in [1.29, 1.82) is 0 Å². The molecule has 1 amide bonds. The number of hydrogen-bond donors (Lipinski definition) is 1. The van der Waals surface area contributed by atoms with Crippen LogP contribution in [0.25, 0.3) is 0 Å². The Labute approximate surface area is 150 Å². The fraction of sp³-hybridized carbons (Fsp3) is 0.789. The Balaban J connectivity index is 1.63. The van der Waals surface area contributed by atoms with E-state index in [1.165, 1.54) is 25.7 Å². The Bertz CT molecular complexity index is 599. The van der Waals surface area contributed by atoms with E-state index in [0.29, 0.717) is 25.1 Å². The average molecular weight is 348 g/mol. The first-order chi connectivity index (χ1) is 12.0. The van der Waals surface area contributed by atoms with Gasteiger partial charge in [0.1, 0.15) is 0 Å². The number of carbonyl (C=O) groups excluding carboxylic acids is 1. The molecule has 3 atom stereocenters. The molecule has 0 aromatic carbocycles. The van der Waals surface area contributed by atoms with Crippen molar-refractivity contribution in [3.8, 4) is 0 Å². The van der Waals surface area contributed by atoms with Crippen LogP contribution in [0.15, 0.2) is 0 Å². The quantitative estimate of drug-likeness (QED) is 0.854. The van der Waals surface area contributed by atoms with Gasteiger partial charge in [-0.1, -0.05) is 12.8 Å². The van der Waals surface area contributed by atoms with E-state index >= 15 is 0 Å². The Hall–Kier alpha value is -1.40. The topological polar surface area (TPSA) is 59.4 Å². The largest absolute Gasteiger partial charge is 0.383 e. The number of nitrogens with zero attached hydrogens (tertiary/aromatic N) is 3. The van der Waals surface area contributed by atoms with Gasteiger partial charge >= 0.3 is 0 Å². The summed E-state index contributed by atoms with van der Waals surface area (Å²) < 4.78 is 7.13. The molecule has 1 saturated carbocycles. The van der Waals surface area contributed by atoms with Crippen LogP contribution < -0.4 is 5.32 Å². The SMILES string of the molecule is COCCn1nc(C)c(CN(C)C(=O)[C@@H]2C[C@@H]3CCCC[C@H]3N2)c1C. The minimum Gasteiger partial charge on any atom is -0.383 e. The van der Waals surface area contributed by atoms with Crippen molar-refractivity contribution < 1.29 is 9.53 Å². The van der Waals surface area contributed by atoms with Crippen LogP contribution in [0.5, 0.6) is 0 Å². The fourth-order valence-electron chi connectivity index (χ4n) is 4.45. The Morgan fingerprint density at radius 1 is 1.36 bits per heavy atom. The molecular weight excluding hydrogens is 316 g/mol. The van der Waals surface area contributed by atoms with Gasteiger partial charge < -0.3 is 15.0 Å². The van der Waals surface area contributed by atoms with Crippen LogP contribution in [0, 0.1) is 19.8 Å². The average Bonchev–Trinajstić information content (AvgIpc) is 3.15. The van der Waals surface area contributed by atoms with Gasteiger partial charge in [-0.3, -0.25) is 9.48 Å². The zero-order valence-electron chi connectivity index (χ0n) is 16.0. The summed E-state index contributed by atoms with van der Waals surface area (Å²) in [5, 5.41) is 8.19. The highest BCUT2D eigenvalue weighted by Gasteiger charge is 2.39. The van der Waals surface area contributed by atoms with Gasteiger partial charge in [0, 0.05) is 38.0 Å². The monoisotopic (exact) mass is 348 g/mol. The van der Waals surface area contributed by atoms with Crippen LogP contribution in [-0.4, -0.2) is 53.4 Å². The molecule has 6 heteroatoms. The third kappa shape index (κ3) is 3.90. The van der Waals surface area contributed by atoms with Crippen molar-refractivity contribution in [3.63, 3.8) is 0 Å². The van der Waals surface area contributed by atoms with Crippen molar-refractivity contribution in [2.24, 2.45) is 5.92 Å². The molecular formula is C19H32N4O2. The highest BCUT2D eigenvalue weighted by Crippen LogP contribution is 2.33. The summed E-state index contributed by atoms with van der Waals surface area (Å²) >= 11 is 0. The van der Waals surface area contributed by atoms with Crippen molar-refractivity contribution >= 4 is 5.91 Å². The maximum absolute atomic E-state index is 12.9. The fourth-order valence-corrected chi connectivity index (χ4v) is 4.45. The molecule has 0 bridgehead atoms. The predicted molar refractivity (Wildman–Crippen MR) is 97.3 cm³/mol. The van der Waals surface area contributed by atoms with Crippen LogP contribution in [0.2, 0.25) is 0 Å². The molecule has 140 valence electrons. The van der Waals surface area contributed by atoms with E-state index in [-0.39, 0.29) is 11.9 Å². The zero-order valence-corrected chi connectivity index (χ0v) is 16.0. The summed E-state index contributed by atoms with van der Waals surface area (Å²) in [6.07, 6.45) is 6.11. The molecule has 25 heavy (non-hydrogen) atoms. The van der Waals surface area contributed by atoms with Crippen LogP contribution in [-0.2, 0) is 22.6 Å². The summed E-state index contributed by atoms with van der Waals surface area (Å²) in [5.41, 5.74) is 3.28. The first-order valence-electron chi connectivity index (χ1n) is 9.54. The molecule has 1 aromatic rings. The van der Waals surface area contributed by atoms with Crippen LogP contribution >= 0.6 is 0 Å². The molecule has 1 aliphatic carbocycles. The van der Waals surface area contributed by atoms with Crippen LogP contribution in [0.4, 0.5) is 0 Å². The molecule has 2 fully saturated rings. The lowest BCUT2D eigenvalue weighted by Crippen LogP contribution is -2.43. The summed E-state index contributed by atoms with van der Waals surface area (Å²) in [4.78, 5) is 14.8. The van der Waals surface area contributed by atoms with E-state index in [1.54, 1.807) is 7.11 Å². The second kappa shape index (κ2) is 7.87. The molecule has 1 saturated heterocycles. The highest BCUT2D eigenvalue weighted by atomic mass is 16.5. The first-order valence-corrected chi connectivity index (χ1v) is 9.54. The maximum Gasteiger partial charge on any atom is 0.239 e. The second-order valence-electron chi connectivity index (χ2n) is 7.67. The maximum atomic E-state index is 12.9. The number of amides is 1. The lowest BCUT2D eigenvalue weighted by Gasteiger charge is -2.24. The molecule has 1 aromatic heterocycles. The lowest BCUT2D eigenvalue weighted by atomic mass is 9.85. The minimum absolute atomic E-state index is 0.0118. The van der Waals surface area contributed by atoms with Crippen LogP contribution in [0.1, 0.15) is 49.1 Å². The van der Waals surface area contributed by atoms with Gasteiger partial charge in [0.25, 0.3) is 0 Å². The molecule has 2 heterocycles. The Kier molecular flexibility index (Phi) is 5.79. The Morgan fingerprint density at radius 2 is 2.12 bits per heavy atom. The number of nitrogens with one attached hydrogen (secondary N) is 1. The van der Waals surface area contributed by atoms with E-state index in [2.05, 4.69) is 17.3 Å². The zero-order chi connectivity index (χ0) is 18.0. The molecule has 1 aliphatic heterocycles. The van der Waals surface area contributed by atoms with Gasteiger partial charge in [0.05, 0.1) is 24.9 Å². The number of fused-ring (bicyclic) bond motifs is 1. The molecule has 6 nitrogen and oxygen atoms in total. The van der Waals surface area contributed by atoms with Gasteiger partial charge in [0.2, 0.25) is 5.91 Å². The molecule has 0 unspecified atom stereocenters. The minimum atomic E-state index is -0.0118. The number of methoxy groups -OCH3 is 1. The number of aromatic nitrogens is 2. The first kappa shape index (κ1) is 18.4. The third-order valence-electron chi connectivity index (χ3n) is 5.97. The van der Waals surface area contributed by atoms with Crippen molar-refractivity contribution in [2.45, 2.75) is 71.1 Å². The molecule has 2 aliphatic rings. The number of aryl methyl sites for hydroxylation is 1. The smallest absolute Gasteiger partial charge is 0.239 e. The number of hydrogen-bond acceptors (Lipinski definition) is 4. The number of likely N-dealkylation sites (N-methyl/N-ethyl adjacent to an activating group) is 1. The predicted octanol–water partition coefficient (Wildman–Crippen LogP) is 2.03. The normalized spacial score (nSPS) is 25.8. The van der Waals surface area contributed by atoms with Gasteiger partial charge in [-0.15, -0.1) is 0 Å². The second-order valence-corrected chi connectivity index (χ2v) is 7.67. The Morgan fingerprint density at radius 3 is 2.84 bits per heavy atom. The van der Waals surface area contributed by atoms with E-state index in [4.69, 9.17) is 4.74 Å². The number of ether oxygens (including phenoxy) is 1. The number of rotatable bonds is 6. The van der Waals surface area contributed by atoms with E-state index in [1.807, 2.05) is 23.6 Å². The summed E-state index contributed by atoms with van der Waals surface area (Å²) in [6.45, 7) is 6.11. The van der Waals surface area contributed by atoms with Crippen LogP contribution in [0.3, 0.4) is 0 Å². The number of carbonyl (C=O) groups is 1. The van der Waals surface area contributed by atoms with E-state index in [9.17, 15) is 4.79 Å². The molecule has 1 N–H and O–H groups in total. The van der Waals surface area contributed by atoms with E-state index in [0.717, 1.165) is 29.9 Å². The molecule has 0 spiro atoms. The summed E-state index contributed by atoms with van der Waals surface area (Å²) in [6, 6.07) is 0.540. The third-order valence-corrected chi connectivity index (χ3v) is 5.97. The highest BCUT2D eigenvalue weighted by molar-refractivity contribution is 5.82. The lowest BCUT2D eigenvalue weighted by molar-refractivity contribution is -0.132. The van der Waals surface area contributed by atoms with Crippen molar-refractivity contribution in [2.75, 3.05) is 20.8 Å². The van der Waals surface area contributed by atoms with Gasteiger partial charge in [-0.2, -0.15) is 5.10 Å². The molecule has 0 radical (unpaired) electrons. The summed E-state index contributed by atoms with van der Waals surface area (Å²) in [7, 11) is 3.61. The summed E-state index contributed by atoms with van der Waals surface area (Å²) in [5.74, 6) is 0.911. The molecule has 3 rings (SSSR count).